The first-order valence-electron chi connectivity index (χ1n) is 8.31. The summed E-state index contributed by atoms with van der Waals surface area (Å²) in [5.41, 5.74) is -0.303. The molecule has 1 saturated heterocycles. The van der Waals surface area contributed by atoms with Crippen molar-refractivity contribution in [3.05, 3.63) is 35.1 Å². The molecule has 1 aliphatic rings. The van der Waals surface area contributed by atoms with Gasteiger partial charge in [-0.2, -0.15) is 5.10 Å². The van der Waals surface area contributed by atoms with Crippen molar-refractivity contribution in [2.45, 2.75) is 19.4 Å². The van der Waals surface area contributed by atoms with Gasteiger partial charge in [0, 0.05) is 38.5 Å². The molecule has 0 saturated carbocycles. The van der Waals surface area contributed by atoms with E-state index in [9.17, 15) is 19.2 Å². The Kier molecular flexibility index (Phi) is 5.54. The van der Waals surface area contributed by atoms with Crippen LogP contribution in [0.2, 0.25) is 0 Å². The highest BCUT2D eigenvalue weighted by atomic mass is 16.2. The minimum atomic E-state index is -0.486. The lowest BCUT2D eigenvalue weighted by Gasteiger charge is -2.26. The number of carbonyl (C=O) groups is 3. The van der Waals surface area contributed by atoms with Crippen LogP contribution in [0, 0.1) is 0 Å². The van der Waals surface area contributed by atoms with E-state index in [1.165, 1.54) is 39.1 Å². The quantitative estimate of drug-likeness (QED) is 0.586. The van der Waals surface area contributed by atoms with Crippen molar-refractivity contribution in [3.8, 4) is 5.82 Å². The highest BCUT2D eigenvalue weighted by Gasteiger charge is 2.22. The third-order valence-corrected chi connectivity index (χ3v) is 3.90. The summed E-state index contributed by atoms with van der Waals surface area (Å²) in [4.78, 5) is 51.7. The summed E-state index contributed by atoms with van der Waals surface area (Å²) < 4.78 is 2.64. The average molecular weight is 374 g/mol. The molecule has 0 aromatic carbocycles. The molecule has 12 heteroatoms. The van der Waals surface area contributed by atoms with Crippen molar-refractivity contribution in [2.75, 3.05) is 19.6 Å². The summed E-state index contributed by atoms with van der Waals surface area (Å²) in [5, 5.41) is 13.0. The van der Waals surface area contributed by atoms with Crippen LogP contribution in [0.25, 0.3) is 5.82 Å². The van der Waals surface area contributed by atoms with Gasteiger partial charge in [0.2, 0.25) is 11.8 Å². The summed E-state index contributed by atoms with van der Waals surface area (Å²) >= 11 is 0. The Morgan fingerprint density at radius 1 is 1.22 bits per heavy atom. The Morgan fingerprint density at radius 2 is 2.07 bits per heavy atom. The molecule has 0 bridgehead atoms. The first-order valence-corrected chi connectivity index (χ1v) is 8.31. The summed E-state index contributed by atoms with van der Waals surface area (Å²) in [7, 11) is 0. The van der Waals surface area contributed by atoms with E-state index in [1.54, 1.807) is 0 Å². The van der Waals surface area contributed by atoms with Gasteiger partial charge in [-0.05, 0) is 6.07 Å². The van der Waals surface area contributed by atoms with Crippen molar-refractivity contribution in [1.82, 2.24) is 40.1 Å². The number of rotatable bonds is 7. The van der Waals surface area contributed by atoms with E-state index in [1.807, 2.05) is 0 Å². The maximum Gasteiger partial charge on any atom is 0.324 e. The highest BCUT2D eigenvalue weighted by Crippen LogP contribution is 2.01. The van der Waals surface area contributed by atoms with Gasteiger partial charge in [0.15, 0.2) is 5.82 Å². The van der Waals surface area contributed by atoms with Crippen molar-refractivity contribution in [3.63, 3.8) is 0 Å². The molecule has 142 valence electrons. The lowest BCUT2D eigenvalue weighted by atomic mass is 10.3. The van der Waals surface area contributed by atoms with E-state index in [-0.39, 0.29) is 49.8 Å². The fourth-order valence-electron chi connectivity index (χ4n) is 2.49. The molecule has 3 heterocycles. The number of imide groups is 1. The zero-order chi connectivity index (χ0) is 19.2. The molecule has 1 fully saturated rings. The molecule has 0 unspecified atom stereocenters. The summed E-state index contributed by atoms with van der Waals surface area (Å²) in [6.07, 6.45) is 3.14. The Balaban J connectivity index is 1.46. The van der Waals surface area contributed by atoms with Gasteiger partial charge in [0.25, 0.3) is 5.56 Å². The second-order valence-electron chi connectivity index (χ2n) is 5.78. The maximum atomic E-state index is 11.9. The molecule has 1 aliphatic heterocycles. The van der Waals surface area contributed by atoms with Crippen LogP contribution >= 0.6 is 0 Å². The highest BCUT2D eigenvalue weighted by molar-refractivity contribution is 5.96. The molecule has 12 nitrogen and oxygen atoms in total. The van der Waals surface area contributed by atoms with Gasteiger partial charge in [0.05, 0.1) is 6.54 Å². The van der Waals surface area contributed by atoms with Crippen LogP contribution in [0.5, 0.6) is 0 Å². The van der Waals surface area contributed by atoms with E-state index in [0.29, 0.717) is 12.4 Å². The van der Waals surface area contributed by atoms with Crippen LogP contribution in [0.3, 0.4) is 0 Å². The minimum Gasteiger partial charge on any atom is -0.354 e. The summed E-state index contributed by atoms with van der Waals surface area (Å²) in [6.45, 7) is 0.903. The average Bonchev–Trinajstić information content (AvgIpc) is 3.17. The van der Waals surface area contributed by atoms with Crippen LogP contribution in [0.15, 0.2) is 29.6 Å². The first-order chi connectivity index (χ1) is 13.0. The van der Waals surface area contributed by atoms with Crippen LogP contribution in [0.4, 0.5) is 4.79 Å². The Morgan fingerprint density at radius 3 is 2.81 bits per heavy atom. The largest absolute Gasteiger partial charge is 0.354 e. The van der Waals surface area contributed by atoms with E-state index in [4.69, 9.17) is 0 Å². The number of hydrogen-bond acceptors (Lipinski definition) is 7. The van der Waals surface area contributed by atoms with Crippen molar-refractivity contribution < 1.29 is 14.4 Å². The monoisotopic (exact) mass is 374 g/mol. The third kappa shape index (κ3) is 4.74. The maximum absolute atomic E-state index is 11.9. The lowest BCUT2D eigenvalue weighted by Crippen LogP contribution is -2.50. The van der Waals surface area contributed by atoms with Gasteiger partial charge in [-0.15, -0.1) is 5.10 Å². The third-order valence-electron chi connectivity index (χ3n) is 3.90. The standard InChI is InChI=1S/C15H18N8O4/c24-12(3-6-21-7-4-13(25)19-15(21)27)17-5-8-22-14(26)2-1-11(20-22)23-10-16-9-18-23/h1-2,9-10H,3-8H2,(H,17,24)(H,19,25,27). The number of nitrogens with zero attached hydrogens (tertiary/aromatic N) is 6. The van der Waals surface area contributed by atoms with Gasteiger partial charge in [-0.3, -0.25) is 19.7 Å². The number of amides is 4. The van der Waals surface area contributed by atoms with Crippen LogP contribution in [-0.2, 0) is 16.1 Å². The molecule has 2 aromatic rings. The van der Waals surface area contributed by atoms with Gasteiger partial charge >= 0.3 is 6.03 Å². The molecule has 0 atom stereocenters. The molecular formula is C15H18N8O4. The minimum absolute atomic E-state index is 0.100. The number of aromatic nitrogens is 5. The van der Waals surface area contributed by atoms with E-state index in [2.05, 4.69) is 25.8 Å². The second kappa shape index (κ2) is 8.21. The Labute approximate surface area is 153 Å². The number of nitrogens with one attached hydrogen (secondary N) is 2. The van der Waals surface area contributed by atoms with Gasteiger partial charge in [-0.25, -0.2) is 19.1 Å². The predicted octanol–water partition coefficient (Wildman–Crippen LogP) is -1.73. The zero-order valence-corrected chi connectivity index (χ0v) is 14.4. The number of carbonyl (C=O) groups excluding carboxylic acids is 3. The van der Waals surface area contributed by atoms with E-state index in [0.717, 1.165) is 0 Å². The molecule has 2 N–H and O–H groups in total. The predicted molar refractivity (Wildman–Crippen MR) is 90.8 cm³/mol. The molecule has 2 aromatic heterocycles. The number of urea groups is 1. The second-order valence-corrected chi connectivity index (χ2v) is 5.78. The van der Waals surface area contributed by atoms with Gasteiger partial charge in [0.1, 0.15) is 12.7 Å². The van der Waals surface area contributed by atoms with Crippen LogP contribution in [-0.4, -0.2) is 66.9 Å². The summed E-state index contributed by atoms with van der Waals surface area (Å²) in [5.74, 6) is -0.143. The normalized spacial score (nSPS) is 14.1. The topological polar surface area (TPSA) is 144 Å². The lowest BCUT2D eigenvalue weighted by molar-refractivity contribution is -0.121. The molecule has 0 spiro atoms. The van der Waals surface area contributed by atoms with Gasteiger partial charge < -0.3 is 10.2 Å². The van der Waals surface area contributed by atoms with Crippen molar-refractivity contribution in [1.29, 1.82) is 0 Å². The Hall–Kier alpha value is -3.57. The SMILES string of the molecule is O=C(CCN1CCC(=O)NC1=O)NCCn1nc(-n2cncn2)ccc1=O. The van der Waals surface area contributed by atoms with Crippen LogP contribution in [0.1, 0.15) is 12.8 Å². The van der Waals surface area contributed by atoms with Crippen molar-refractivity contribution in [2.24, 2.45) is 0 Å². The molecule has 0 radical (unpaired) electrons. The Bertz CT molecular complexity index is 891. The molecule has 0 aliphatic carbocycles. The smallest absolute Gasteiger partial charge is 0.324 e. The number of hydrogen-bond donors (Lipinski definition) is 2. The van der Waals surface area contributed by atoms with E-state index >= 15 is 0 Å². The van der Waals surface area contributed by atoms with Gasteiger partial charge in [-0.1, -0.05) is 0 Å². The molecule has 3 rings (SSSR count). The summed E-state index contributed by atoms with van der Waals surface area (Å²) in [6, 6.07) is 2.41. The van der Waals surface area contributed by atoms with Crippen LogP contribution < -0.4 is 16.2 Å². The van der Waals surface area contributed by atoms with Crippen molar-refractivity contribution >= 4 is 17.8 Å². The molecular weight excluding hydrogens is 356 g/mol. The molecule has 4 amide bonds. The fraction of sp³-hybridized carbons (Fsp3) is 0.400. The van der Waals surface area contributed by atoms with E-state index < -0.39 is 6.03 Å². The fourth-order valence-corrected chi connectivity index (χ4v) is 2.49. The zero-order valence-electron chi connectivity index (χ0n) is 14.4. The first kappa shape index (κ1) is 18.2. The molecule has 27 heavy (non-hydrogen) atoms.